The third kappa shape index (κ3) is 5.46. The molecule has 1 N–H and O–H groups in total. The predicted octanol–water partition coefficient (Wildman–Crippen LogP) is 6.60. The smallest absolute Gasteiger partial charge is 0.308 e. The van der Waals surface area contributed by atoms with Crippen molar-refractivity contribution in [3.8, 4) is 0 Å². The first-order valence-electron chi connectivity index (χ1n) is 13.9. The standard InChI is InChI=1S/C33H30ClN3O4S2/c1-18-6-5-7-22(16-18)35-24(38)17-36-31-28(43-32(36)41)25(19-8-10-20(11-9-19)33(2,3)4)26-27(42-31)30(40)37(29(26)39)23-14-12-21(34)13-15-23/h5-16,25-27H,17H2,1-4H3,(H,35,38)/t25-,26-,27+/m0/s1. The first kappa shape index (κ1) is 29.4. The Bertz CT molecular complexity index is 1810. The normalized spacial score (nSPS) is 19.7. The number of amides is 3. The van der Waals surface area contributed by atoms with Gasteiger partial charge in [-0.15, -0.1) is 0 Å². The van der Waals surface area contributed by atoms with Crippen LogP contribution in [0.4, 0.5) is 11.4 Å². The number of fused-ring (bicyclic) bond motifs is 2. The van der Waals surface area contributed by atoms with E-state index in [-0.39, 0.29) is 34.6 Å². The fourth-order valence-corrected chi connectivity index (χ4v) is 8.62. The number of imide groups is 1. The van der Waals surface area contributed by atoms with E-state index in [1.165, 1.54) is 21.2 Å². The van der Waals surface area contributed by atoms with E-state index in [0.717, 1.165) is 28.0 Å². The van der Waals surface area contributed by atoms with Gasteiger partial charge in [-0.2, -0.15) is 0 Å². The largest absolute Gasteiger partial charge is 0.325 e. The van der Waals surface area contributed by atoms with Crippen LogP contribution in [0.2, 0.25) is 5.02 Å². The van der Waals surface area contributed by atoms with Crippen molar-refractivity contribution in [2.24, 2.45) is 5.92 Å². The van der Waals surface area contributed by atoms with Crippen molar-refractivity contribution in [1.82, 2.24) is 4.57 Å². The number of carbonyl (C=O) groups excluding carboxylic acids is 3. The summed E-state index contributed by atoms with van der Waals surface area (Å²) in [6, 6.07) is 22.1. The van der Waals surface area contributed by atoms with Crippen molar-refractivity contribution >= 4 is 63.8 Å². The average Bonchev–Trinajstić information content (AvgIpc) is 3.39. The van der Waals surface area contributed by atoms with E-state index in [4.69, 9.17) is 11.6 Å². The number of aromatic nitrogens is 1. The van der Waals surface area contributed by atoms with Crippen molar-refractivity contribution in [3.05, 3.63) is 109 Å². The summed E-state index contributed by atoms with van der Waals surface area (Å²) in [5, 5.41) is 3.17. The molecule has 2 aliphatic heterocycles. The zero-order chi connectivity index (χ0) is 30.6. The molecule has 3 aromatic carbocycles. The van der Waals surface area contributed by atoms with Crippen molar-refractivity contribution < 1.29 is 14.4 Å². The molecule has 220 valence electrons. The van der Waals surface area contributed by atoms with Gasteiger partial charge in [-0.25, -0.2) is 4.90 Å². The van der Waals surface area contributed by atoms with Crippen LogP contribution in [0, 0.1) is 12.8 Å². The van der Waals surface area contributed by atoms with Crippen LogP contribution in [0.25, 0.3) is 0 Å². The van der Waals surface area contributed by atoms with Gasteiger partial charge in [0.05, 0.1) is 16.6 Å². The van der Waals surface area contributed by atoms with Gasteiger partial charge in [0.1, 0.15) is 11.8 Å². The summed E-state index contributed by atoms with van der Waals surface area (Å²) >= 11 is 8.32. The minimum Gasteiger partial charge on any atom is -0.325 e. The number of nitrogens with zero attached hydrogens (tertiary/aromatic N) is 2. The second kappa shape index (κ2) is 11.1. The fraction of sp³-hybridized carbons (Fsp3) is 0.273. The van der Waals surface area contributed by atoms with E-state index in [1.54, 1.807) is 30.3 Å². The molecule has 3 amide bonds. The van der Waals surface area contributed by atoms with Crippen LogP contribution in [0.1, 0.15) is 48.3 Å². The quantitative estimate of drug-likeness (QED) is 0.251. The van der Waals surface area contributed by atoms with Crippen LogP contribution >= 0.6 is 34.7 Å². The monoisotopic (exact) mass is 631 g/mol. The van der Waals surface area contributed by atoms with Gasteiger partial charge >= 0.3 is 4.87 Å². The number of aryl methyl sites for hydroxylation is 1. The van der Waals surface area contributed by atoms with Gasteiger partial charge in [0.25, 0.3) is 0 Å². The molecule has 0 spiro atoms. The highest BCUT2D eigenvalue weighted by Gasteiger charge is 2.56. The lowest BCUT2D eigenvalue weighted by atomic mass is 9.81. The van der Waals surface area contributed by atoms with E-state index >= 15 is 0 Å². The number of carbonyl (C=O) groups is 3. The molecular formula is C33H30ClN3O4S2. The molecule has 3 atom stereocenters. The summed E-state index contributed by atoms with van der Waals surface area (Å²) in [7, 11) is 0. The van der Waals surface area contributed by atoms with Gasteiger partial charge < -0.3 is 5.32 Å². The summed E-state index contributed by atoms with van der Waals surface area (Å²) in [6.07, 6.45) is 0. The van der Waals surface area contributed by atoms with E-state index in [0.29, 0.717) is 26.3 Å². The van der Waals surface area contributed by atoms with E-state index in [2.05, 4.69) is 26.1 Å². The van der Waals surface area contributed by atoms with Crippen molar-refractivity contribution in [2.75, 3.05) is 10.2 Å². The molecule has 10 heteroatoms. The lowest BCUT2D eigenvalue weighted by molar-refractivity contribution is -0.122. The maximum atomic E-state index is 14.1. The molecule has 1 saturated heterocycles. The highest BCUT2D eigenvalue weighted by molar-refractivity contribution is 8.00. The first-order valence-corrected chi connectivity index (χ1v) is 16.0. The number of thioether (sulfide) groups is 1. The van der Waals surface area contributed by atoms with Gasteiger partial charge in [0.2, 0.25) is 17.7 Å². The third-order valence-electron chi connectivity index (χ3n) is 7.87. The van der Waals surface area contributed by atoms with Gasteiger partial charge in [-0.1, -0.05) is 91.9 Å². The van der Waals surface area contributed by atoms with Crippen LogP contribution in [0.5, 0.6) is 0 Å². The highest BCUT2D eigenvalue weighted by atomic mass is 35.5. The lowest BCUT2D eigenvalue weighted by Crippen LogP contribution is -2.33. The van der Waals surface area contributed by atoms with Crippen LogP contribution in [-0.2, 0) is 26.3 Å². The molecule has 0 saturated carbocycles. The summed E-state index contributed by atoms with van der Waals surface area (Å²) in [4.78, 5) is 56.1. The molecule has 0 radical (unpaired) electrons. The van der Waals surface area contributed by atoms with E-state index < -0.39 is 17.1 Å². The molecule has 1 fully saturated rings. The molecule has 1 aromatic heterocycles. The molecule has 0 unspecified atom stereocenters. The summed E-state index contributed by atoms with van der Waals surface area (Å²) in [5.74, 6) is -2.25. The summed E-state index contributed by atoms with van der Waals surface area (Å²) in [6.45, 7) is 8.12. The Hall–Kier alpha value is -3.66. The Morgan fingerprint density at radius 2 is 1.65 bits per heavy atom. The molecule has 0 bridgehead atoms. The molecule has 7 nitrogen and oxygen atoms in total. The third-order valence-corrected chi connectivity index (χ3v) is 10.7. The minimum atomic E-state index is -0.761. The van der Waals surface area contributed by atoms with Crippen LogP contribution in [0.3, 0.4) is 0 Å². The Morgan fingerprint density at radius 3 is 2.30 bits per heavy atom. The van der Waals surface area contributed by atoms with E-state index in [1.807, 2.05) is 49.4 Å². The second-order valence-corrected chi connectivity index (χ2v) is 14.5. The molecule has 3 heterocycles. The molecule has 6 rings (SSSR count). The number of rotatable bonds is 5. The maximum Gasteiger partial charge on any atom is 0.308 e. The molecular weight excluding hydrogens is 602 g/mol. The predicted molar refractivity (Wildman–Crippen MR) is 172 cm³/mol. The minimum absolute atomic E-state index is 0.0715. The van der Waals surface area contributed by atoms with Crippen molar-refractivity contribution in [3.63, 3.8) is 0 Å². The van der Waals surface area contributed by atoms with E-state index in [9.17, 15) is 19.2 Å². The SMILES string of the molecule is Cc1cccc(NC(=O)Cn2c3c(sc2=O)[C@@H](c2ccc(C(C)(C)C)cc2)[C@@H]2C(=O)N(c4ccc(Cl)cc4)C(=O)[C@@H]2S3)c1. The second-order valence-electron chi connectivity index (χ2n) is 11.9. The number of hydrogen-bond acceptors (Lipinski definition) is 6. The van der Waals surface area contributed by atoms with Crippen molar-refractivity contribution in [1.29, 1.82) is 0 Å². The van der Waals surface area contributed by atoms with Gasteiger partial charge in [0.15, 0.2) is 0 Å². The Balaban J connectivity index is 1.42. The fourth-order valence-electron chi connectivity index (χ4n) is 5.72. The molecule has 2 aliphatic rings. The average molecular weight is 632 g/mol. The number of thiazole rings is 1. The summed E-state index contributed by atoms with van der Waals surface area (Å²) in [5.41, 5.74) is 4.00. The zero-order valence-electron chi connectivity index (χ0n) is 24.1. The molecule has 0 aliphatic carbocycles. The number of hydrogen-bond donors (Lipinski definition) is 1. The number of nitrogens with one attached hydrogen (secondary N) is 1. The molecule has 43 heavy (non-hydrogen) atoms. The van der Waals surface area contributed by atoms with Crippen LogP contribution in [-0.4, -0.2) is 27.5 Å². The Labute approximate surface area is 262 Å². The van der Waals surface area contributed by atoms with Crippen molar-refractivity contribution in [2.45, 2.75) is 55.8 Å². The Morgan fingerprint density at radius 1 is 0.953 bits per heavy atom. The number of benzene rings is 3. The number of halogens is 1. The van der Waals surface area contributed by atoms with Gasteiger partial charge in [0, 0.05) is 21.5 Å². The van der Waals surface area contributed by atoms with Crippen LogP contribution < -0.4 is 15.1 Å². The molecule has 4 aromatic rings. The van der Waals surface area contributed by atoms with Gasteiger partial charge in [-0.05, 0) is 65.4 Å². The Kier molecular flexibility index (Phi) is 7.61. The maximum absolute atomic E-state index is 14.1. The summed E-state index contributed by atoms with van der Waals surface area (Å²) < 4.78 is 1.44. The van der Waals surface area contributed by atoms with Gasteiger partial charge in [-0.3, -0.25) is 23.7 Å². The number of anilines is 2. The lowest BCUT2D eigenvalue weighted by Gasteiger charge is -2.31. The zero-order valence-corrected chi connectivity index (χ0v) is 26.5. The first-order chi connectivity index (χ1) is 20.4. The van der Waals surface area contributed by atoms with Crippen LogP contribution in [0.15, 0.2) is 82.6 Å². The highest BCUT2D eigenvalue weighted by Crippen LogP contribution is 2.54. The topological polar surface area (TPSA) is 88.5 Å².